The number of rotatable bonds is 3. The molecule has 0 radical (unpaired) electrons. The highest BCUT2D eigenvalue weighted by Crippen LogP contribution is 1.93. The third-order valence-corrected chi connectivity index (χ3v) is 2.20. The Morgan fingerprint density at radius 2 is 2.47 bits per heavy atom. The zero-order valence-electron chi connectivity index (χ0n) is 8.77. The van der Waals surface area contributed by atoms with Gasteiger partial charge < -0.3 is 10.6 Å². The molecular formula is C10H15N5. The van der Waals surface area contributed by atoms with Gasteiger partial charge in [-0.25, -0.2) is 0 Å². The van der Waals surface area contributed by atoms with Crippen LogP contribution in [-0.4, -0.2) is 35.1 Å². The van der Waals surface area contributed by atoms with Crippen molar-refractivity contribution in [1.29, 1.82) is 0 Å². The number of aromatic nitrogens is 2. The summed E-state index contributed by atoms with van der Waals surface area (Å²) in [5.41, 5.74) is 0.997. The third kappa shape index (κ3) is 2.90. The average Bonchev–Trinajstić information content (AvgIpc) is 2.66. The quantitative estimate of drug-likeness (QED) is 0.726. The van der Waals surface area contributed by atoms with Crippen molar-refractivity contribution >= 4 is 5.96 Å². The molecule has 5 heteroatoms. The molecule has 0 bridgehead atoms. The lowest BCUT2D eigenvalue weighted by atomic mass is 10.3. The van der Waals surface area contributed by atoms with Gasteiger partial charge in [0.05, 0.1) is 12.2 Å². The Labute approximate surface area is 89.0 Å². The van der Waals surface area contributed by atoms with Gasteiger partial charge in [0.2, 0.25) is 0 Å². The van der Waals surface area contributed by atoms with E-state index in [0.29, 0.717) is 6.04 Å². The second-order valence-corrected chi connectivity index (χ2v) is 3.61. The number of guanidine groups is 1. The number of nitrogens with one attached hydrogen (secondary N) is 2. The number of aliphatic imine (C=N–C) groups is 1. The molecule has 80 valence electrons. The molecular weight excluding hydrogens is 190 g/mol. The zero-order chi connectivity index (χ0) is 10.5. The van der Waals surface area contributed by atoms with Crippen LogP contribution in [0.15, 0.2) is 23.6 Å². The summed E-state index contributed by atoms with van der Waals surface area (Å²) in [6.07, 6.45) is 6.04. The minimum Gasteiger partial charge on any atom is -0.356 e. The van der Waals surface area contributed by atoms with Crippen LogP contribution in [-0.2, 0) is 6.42 Å². The van der Waals surface area contributed by atoms with Gasteiger partial charge in [-0.3, -0.25) is 15.0 Å². The molecule has 2 heterocycles. The van der Waals surface area contributed by atoms with E-state index in [4.69, 9.17) is 0 Å². The monoisotopic (exact) mass is 205 g/mol. The molecule has 1 atom stereocenters. The highest BCUT2D eigenvalue weighted by Gasteiger charge is 2.10. The fraction of sp³-hybridized carbons (Fsp3) is 0.500. The van der Waals surface area contributed by atoms with E-state index in [2.05, 4.69) is 32.5 Å². The van der Waals surface area contributed by atoms with E-state index in [9.17, 15) is 0 Å². The average molecular weight is 205 g/mol. The maximum Gasteiger partial charge on any atom is 0.191 e. The van der Waals surface area contributed by atoms with Crippen LogP contribution in [0.3, 0.4) is 0 Å². The van der Waals surface area contributed by atoms with Crippen molar-refractivity contribution in [3.63, 3.8) is 0 Å². The molecule has 0 spiro atoms. The fourth-order valence-electron chi connectivity index (χ4n) is 1.43. The molecule has 0 aliphatic carbocycles. The van der Waals surface area contributed by atoms with Crippen LogP contribution in [0, 0.1) is 0 Å². The summed E-state index contributed by atoms with van der Waals surface area (Å²) in [6, 6.07) is 0.448. The van der Waals surface area contributed by atoms with Gasteiger partial charge in [-0.05, 0) is 6.92 Å². The smallest absolute Gasteiger partial charge is 0.191 e. The maximum absolute atomic E-state index is 4.31. The summed E-state index contributed by atoms with van der Waals surface area (Å²) in [5.74, 6) is 0.895. The molecule has 5 nitrogen and oxygen atoms in total. The van der Waals surface area contributed by atoms with Gasteiger partial charge in [0.25, 0.3) is 0 Å². The Morgan fingerprint density at radius 3 is 3.13 bits per heavy atom. The number of hydrogen-bond donors (Lipinski definition) is 2. The van der Waals surface area contributed by atoms with Crippen molar-refractivity contribution in [3.05, 3.63) is 24.3 Å². The lowest BCUT2D eigenvalue weighted by Crippen LogP contribution is -2.38. The van der Waals surface area contributed by atoms with Crippen LogP contribution in [0.2, 0.25) is 0 Å². The van der Waals surface area contributed by atoms with Gasteiger partial charge in [-0.15, -0.1) is 0 Å². The van der Waals surface area contributed by atoms with Crippen molar-refractivity contribution in [2.24, 2.45) is 4.99 Å². The number of hydrogen-bond acceptors (Lipinski definition) is 5. The van der Waals surface area contributed by atoms with E-state index in [0.717, 1.165) is 31.2 Å². The normalized spacial score (nSPS) is 19.5. The molecule has 1 aromatic rings. The number of nitrogens with zero attached hydrogens (tertiary/aromatic N) is 3. The molecule has 0 aromatic carbocycles. The Kier molecular flexibility index (Phi) is 3.11. The first kappa shape index (κ1) is 9.89. The van der Waals surface area contributed by atoms with Gasteiger partial charge in [-0.1, -0.05) is 0 Å². The highest BCUT2D eigenvalue weighted by molar-refractivity contribution is 5.81. The van der Waals surface area contributed by atoms with Gasteiger partial charge >= 0.3 is 0 Å². The Hall–Kier alpha value is -1.65. The molecule has 1 aliphatic rings. The SMILES string of the molecule is CC1CN=C(NCCc2cnccn2)N1. The molecule has 2 N–H and O–H groups in total. The van der Waals surface area contributed by atoms with Gasteiger partial charge in [0.15, 0.2) is 5.96 Å². The first-order valence-electron chi connectivity index (χ1n) is 5.14. The first-order valence-corrected chi connectivity index (χ1v) is 5.14. The molecule has 2 rings (SSSR count). The van der Waals surface area contributed by atoms with E-state index < -0.39 is 0 Å². The summed E-state index contributed by atoms with van der Waals surface area (Å²) in [6.45, 7) is 3.80. The Bertz CT molecular complexity index is 335. The van der Waals surface area contributed by atoms with Crippen LogP contribution in [0.4, 0.5) is 0 Å². The van der Waals surface area contributed by atoms with Gasteiger partial charge in [-0.2, -0.15) is 0 Å². The molecule has 0 fully saturated rings. The van der Waals surface area contributed by atoms with Crippen LogP contribution in [0.5, 0.6) is 0 Å². The third-order valence-electron chi connectivity index (χ3n) is 2.20. The van der Waals surface area contributed by atoms with Crippen molar-refractivity contribution in [3.8, 4) is 0 Å². The summed E-state index contributed by atoms with van der Waals surface area (Å²) >= 11 is 0. The minimum absolute atomic E-state index is 0.448. The summed E-state index contributed by atoms with van der Waals surface area (Å²) in [4.78, 5) is 12.5. The second-order valence-electron chi connectivity index (χ2n) is 3.61. The predicted molar refractivity (Wildman–Crippen MR) is 58.6 cm³/mol. The van der Waals surface area contributed by atoms with Gasteiger partial charge in [0, 0.05) is 37.6 Å². The van der Waals surface area contributed by atoms with E-state index >= 15 is 0 Å². The Morgan fingerprint density at radius 1 is 1.53 bits per heavy atom. The lowest BCUT2D eigenvalue weighted by molar-refractivity contribution is 0.711. The molecule has 0 amide bonds. The Balaban J connectivity index is 1.72. The van der Waals surface area contributed by atoms with Crippen molar-refractivity contribution in [2.45, 2.75) is 19.4 Å². The van der Waals surface area contributed by atoms with Crippen LogP contribution in [0.1, 0.15) is 12.6 Å². The standard InChI is InChI=1S/C10H15N5/c1-8-6-14-10(15-8)13-3-2-9-7-11-4-5-12-9/h4-5,7-8H,2-3,6H2,1H3,(H2,13,14,15). The maximum atomic E-state index is 4.31. The van der Waals surface area contributed by atoms with Crippen LogP contribution < -0.4 is 10.6 Å². The van der Waals surface area contributed by atoms with Crippen molar-refractivity contribution in [2.75, 3.05) is 13.1 Å². The summed E-state index contributed by atoms with van der Waals surface area (Å²) in [7, 11) is 0. The van der Waals surface area contributed by atoms with Crippen molar-refractivity contribution < 1.29 is 0 Å². The van der Waals surface area contributed by atoms with Gasteiger partial charge in [0.1, 0.15) is 0 Å². The summed E-state index contributed by atoms with van der Waals surface area (Å²) in [5, 5.41) is 6.47. The molecule has 15 heavy (non-hydrogen) atoms. The molecule has 1 aromatic heterocycles. The fourth-order valence-corrected chi connectivity index (χ4v) is 1.43. The highest BCUT2D eigenvalue weighted by atomic mass is 15.2. The van der Waals surface area contributed by atoms with Crippen LogP contribution >= 0.6 is 0 Å². The first-order chi connectivity index (χ1) is 7.34. The van der Waals surface area contributed by atoms with Crippen molar-refractivity contribution in [1.82, 2.24) is 20.6 Å². The van der Waals surface area contributed by atoms with E-state index in [-0.39, 0.29) is 0 Å². The van der Waals surface area contributed by atoms with E-state index in [1.54, 1.807) is 18.6 Å². The summed E-state index contributed by atoms with van der Waals surface area (Å²) < 4.78 is 0. The molecule has 0 saturated heterocycles. The molecule has 0 saturated carbocycles. The topological polar surface area (TPSA) is 62.2 Å². The lowest BCUT2D eigenvalue weighted by Gasteiger charge is -2.07. The van der Waals surface area contributed by atoms with Crippen LogP contribution in [0.25, 0.3) is 0 Å². The second kappa shape index (κ2) is 4.72. The van der Waals surface area contributed by atoms with E-state index in [1.165, 1.54) is 0 Å². The van der Waals surface area contributed by atoms with E-state index in [1.807, 2.05) is 0 Å². The predicted octanol–water partition coefficient (Wildman–Crippen LogP) is -0.0436. The zero-order valence-corrected chi connectivity index (χ0v) is 8.77. The largest absolute Gasteiger partial charge is 0.356 e. The molecule has 1 aliphatic heterocycles. The molecule has 1 unspecified atom stereocenters. The minimum atomic E-state index is 0.448.